The van der Waals surface area contributed by atoms with Gasteiger partial charge in [-0.1, -0.05) is 11.6 Å². The Balaban J connectivity index is 1.78. The molecule has 0 aromatic heterocycles. The summed E-state index contributed by atoms with van der Waals surface area (Å²) in [6, 6.07) is 0. The second kappa shape index (κ2) is 4.48. The lowest BCUT2D eigenvalue weighted by molar-refractivity contribution is 0.269. The van der Waals surface area contributed by atoms with Crippen molar-refractivity contribution >= 4 is 0 Å². The van der Waals surface area contributed by atoms with Crippen molar-refractivity contribution in [1.29, 1.82) is 0 Å². The monoisotopic (exact) mass is 194 g/mol. The maximum Gasteiger partial charge on any atom is 0.0433 e. The van der Waals surface area contributed by atoms with E-state index in [-0.39, 0.29) is 0 Å². The molecular formula is C13H22O. The summed E-state index contributed by atoms with van der Waals surface area (Å²) in [4.78, 5) is 0. The molecule has 1 saturated carbocycles. The van der Waals surface area contributed by atoms with Crippen LogP contribution in [0.4, 0.5) is 0 Å². The van der Waals surface area contributed by atoms with Crippen molar-refractivity contribution in [3.63, 3.8) is 0 Å². The number of rotatable bonds is 3. The molecule has 0 heterocycles. The molecule has 14 heavy (non-hydrogen) atoms. The molecule has 0 aliphatic heterocycles. The van der Waals surface area contributed by atoms with Crippen LogP contribution < -0.4 is 0 Å². The molecule has 80 valence electrons. The van der Waals surface area contributed by atoms with E-state index in [1.165, 1.54) is 32.1 Å². The van der Waals surface area contributed by atoms with Gasteiger partial charge in [0.1, 0.15) is 0 Å². The fourth-order valence-electron chi connectivity index (χ4n) is 2.98. The van der Waals surface area contributed by atoms with Crippen molar-refractivity contribution in [2.75, 3.05) is 6.61 Å². The van der Waals surface area contributed by atoms with Crippen LogP contribution in [0.5, 0.6) is 0 Å². The van der Waals surface area contributed by atoms with Gasteiger partial charge in [0, 0.05) is 6.61 Å². The maximum atomic E-state index is 8.88. The van der Waals surface area contributed by atoms with Crippen molar-refractivity contribution in [1.82, 2.24) is 0 Å². The Morgan fingerprint density at radius 1 is 1.43 bits per heavy atom. The molecule has 0 aromatic rings. The molecule has 0 amide bonds. The number of aliphatic hydroxyl groups is 1. The van der Waals surface area contributed by atoms with Gasteiger partial charge in [-0.05, 0) is 63.2 Å². The molecule has 1 nitrogen and oxygen atoms in total. The molecule has 0 aromatic carbocycles. The van der Waals surface area contributed by atoms with Gasteiger partial charge >= 0.3 is 0 Å². The number of aliphatic hydroxyl groups excluding tert-OH is 1. The highest BCUT2D eigenvalue weighted by atomic mass is 16.3. The predicted octanol–water partition coefficient (Wildman–Crippen LogP) is 3.14. The first-order chi connectivity index (χ1) is 6.81. The minimum atomic E-state index is 0.394. The fraction of sp³-hybridized carbons (Fsp3) is 0.846. The van der Waals surface area contributed by atoms with E-state index in [9.17, 15) is 0 Å². The molecule has 0 radical (unpaired) electrons. The van der Waals surface area contributed by atoms with E-state index in [0.717, 1.165) is 24.2 Å². The minimum Gasteiger partial charge on any atom is -0.396 e. The summed E-state index contributed by atoms with van der Waals surface area (Å²) >= 11 is 0. The van der Waals surface area contributed by atoms with E-state index < -0.39 is 0 Å². The third-order valence-electron chi connectivity index (χ3n) is 4.02. The molecule has 1 heteroatoms. The normalized spacial score (nSPS) is 37.6. The van der Waals surface area contributed by atoms with Crippen LogP contribution in [0.3, 0.4) is 0 Å². The van der Waals surface area contributed by atoms with Crippen LogP contribution in [0.1, 0.15) is 45.4 Å². The Hall–Kier alpha value is -0.300. The summed E-state index contributed by atoms with van der Waals surface area (Å²) in [5.41, 5.74) is 1.59. The summed E-state index contributed by atoms with van der Waals surface area (Å²) < 4.78 is 0. The fourth-order valence-corrected chi connectivity index (χ4v) is 2.98. The van der Waals surface area contributed by atoms with Crippen LogP contribution >= 0.6 is 0 Å². The third-order valence-corrected chi connectivity index (χ3v) is 4.02. The van der Waals surface area contributed by atoms with Crippen LogP contribution in [-0.2, 0) is 0 Å². The van der Waals surface area contributed by atoms with Gasteiger partial charge in [-0.15, -0.1) is 0 Å². The van der Waals surface area contributed by atoms with E-state index >= 15 is 0 Å². The van der Waals surface area contributed by atoms with Crippen molar-refractivity contribution in [3.05, 3.63) is 11.6 Å². The highest BCUT2D eigenvalue weighted by molar-refractivity contribution is 5.03. The van der Waals surface area contributed by atoms with Crippen LogP contribution in [-0.4, -0.2) is 11.7 Å². The average molecular weight is 194 g/mol. The molecule has 1 N–H and O–H groups in total. The van der Waals surface area contributed by atoms with E-state index in [4.69, 9.17) is 5.11 Å². The van der Waals surface area contributed by atoms with Gasteiger partial charge < -0.3 is 5.11 Å². The van der Waals surface area contributed by atoms with Gasteiger partial charge in [-0.3, -0.25) is 0 Å². The Bertz CT molecular complexity index is 219. The standard InChI is InChI=1S/C13H22O/c1-10-3-2-4-11(6-5-10)13-9-12(13)7-8-14/h3,11-14H,2,4-9H2,1H3. The molecule has 1 fully saturated rings. The number of hydrogen-bond donors (Lipinski definition) is 1. The van der Waals surface area contributed by atoms with Crippen molar-refractivity contribution in [2.45, 2.75) is 45.4 Å². The first kappa shape index (κ1) is 10.2. The molecule has 3 unspecified atom stereocenters. The third kappa shape index (κ3) is 2.38. The lowest BCUT2D eigenvalue weighted by Crippen LogP contribution is -2.04. The zero-order valence-electron chi connectivity index (χ0n) is 9.21. The van der Waals surface area contributed by atoms with Gasteiger partial charge in [-0.2, -0.15) is 0 Å². The summed E-state index contributed by atoms with van der Waals surface area (Å²) in [5, 5.41) is 8.88. The lowest BCUT2D eigenvalue weighted by atomic mass is 9.92. The Kier molecular flexibility index (Phi) is 3.27. The average Bonchev–Trinajstić information content (AvgIpc) is 2.91. The SMILES string of the molecule is CC1=CCCC(C2CC2CCO)CC1. The smallest absolute Gasteiger partial charge is 0.0433 e. The van der Waals surface area contributed by atoms with Crippen molar-refractivity contribution < 1.29 is 5.11 Å². The zero-order valence-corrected chi connectivity index (χ0v) is 9.21. The van der Waals surface area contributed by atoms with Crippen LogP contribution in [0, 0.1) is 17.8 Å². The topological polar surface area (TPSA) is 20.2 Å². The van der Waals surface area contributed by atoms with E-state index in [1.54, 1.807) is 5.57 Å². The van der Waals surface area contributed by atoms with Crippen molar-refractivity contribution in [3.8, 4) is 0 Å². The predicted molar refractivity (Wildman–Crippen MR) is 59.0 cm³/mol. The largest absolute Gasteiger partial charge is 0.396 e. The molecule has 0 saturated heterocycles. The molecule has 3 atom stereocenters. The first-order valence-electron chi connectivity index (χ1n) is 6.07. The van der Waals surface area contributed by atoms with Gasteiger partial charge in [0.25, 0.3) is 0 Å². The van der Waals surface area contributed by atoms with Crippen molar-refractivity contribution in [2.24, 2.45) is 17.8 Å². The summed E-state index contributed by atoms with van der Waals surface area (Å²) in [5.74, 6) is 2.78. The zero-order chi connectivity index (χ0) is 9.97. The van der Waals surface area contributed by atoms with Gasteiger partial charge in [0.05, 0.1) is 0 Å². The molecule has 0 spiro atoms. The van der Waals surface area contributed by atoms with Crippen LogP contribution in [0.2, 0.25) is 0 Å². The second-order valence-electron chi connectivity index (χ2n) is 5.10. The summed E-state index contributed by atoms with van der Waals surface area (Å²) in [6.07, 6.45) is 10.3. The Morgan fingerprint density at radius 3 is 3.07 bits per heavy atom. The molecule has 0 bridgehead atoms. The molecule has 2 rings (SSSR count). The van der Waals surface area contributed by atoms with E-state index in [2.05, 4.69) is 13.0 Å². The number of allylic oxidation sites excluding steroid dienone is 2. The highest BCUT2D eigenvalue weighted by Gasteiger charge is 2.41. The lowest BCUT2D eigenvalue weighted by Gasteiger charge is -2.13. The van der Waals surface area contributed by atoms with Gasteiger partial charge in [0.2, 0.25) is 0 Å². The minimum absolute atomic E-state index is 0.394. The number of hydrogen-bond acceptors (Lipinski definition) is 1. The summed E-state index contributed by atoms with van der Waals surface area (Å²) in [6.45, 7) is 2.66. The van der Waals surface area contributed by atoms with Gasteiger partial charge in [-0.25, -0.2) is 0 Å². The quantitative estimate of drug-likeness (QED) is 0.684. The van der Waals surface area contributed by atoms with E-state index in [1.807, 2.05) is 0 Å². The molecule has 2 aliphatic carbocycles. The Labute approximate surface area is 87.2 Å². The highest BCUT2D eigenvalue weighted by Crippen LogP contribution is 2.50. The summed E-state index contributed by atoms with van der Waals surface area (Å²) in [7, 11) is 0. The molecule has 2 aliphatic rings. The van der Waals surface area contributed by atoms with Gasteiger partial charge in [0.15, 0.2) is 0 Å². The van der Waals surface area contributed by atoms with Crippen LogP contribution in [0.15, 0.2) is 11.6 Å². The second-order valence-corrected chi connectivity index (χ2v) is 5.10. The van der Waals surface area contributed by atoms with E-state index in [0.29, 0.717) is 6.61 Å². The molecular weight excluding hydrogens is 172 g/mol. The first-order valence-corrected chi connectivity index (χ1v) is 6.07. The maximum absolute atomic E-state index is 8.88. The Morgan fingerprint density at radius 2 is 2.29 bits per heavy atom. The van der Waals surface area contributed by atoms with Crippen LogP contribution in [0.25, 0.3) is 0 Å².